The first-order valence-corrected chi connectivity index (χ1v) is 5.23. The average molecular weight is 182 g/mol. The maximum absolute atomic E-state index is 3.56. The van der Waals surface area contributed by atoms with E-state index < -0.39 is 0 Å². The van der Waals surface area contributed by atoms with Gasteiger partial charge >= 0.3 is 0 Å². The number of hydrogen-bond donors (Lipinski definition) is 0. The summed E-state index contributed by atoms with van der Waals surface area (Å²) >= 11 is 0. The van der Waals surface area contributed by atoms with Gasteiger partial charge in [-0.3, -0.25) is 0 Å². The molecule has 0 N–H and O–H groups in total. The molecule has 0 rings (SSSR count). The first-order chi connectivity index (χ1) is 5.95. The minimum absolute atomic E-state index is 0.625. The first-order valence-electron chi connectivity index (χ1n) is 5.23. The second-order valence-corrected chi connectivity index (χ2v) is 3.92. The normalized spacial score (nSPS) is 9.92. The molecule has 0 aromatic rings. The molecule has 13 heavy (non-hydrogen) atoms. The molecule has 0 saturated heterocycles. The van der Waals surface area contributed by atoms with E-state index >= 15 is 0 Å². The molecule has 0 heteroatoms. The van der Waals surface area contributed by atoms with Gasteiger partial charge in [-0.05, 0) is 12.3 Å². The van der Waals surface area contributed by atoms with Gasteiger partial charge in [0.25, 0.3) is 0 Å². The monoisotopic (exact) mass is 182 g/mol. The molecule has 0 amide bonds. The van der Waals surface area contributed by atoms with Gasteiger partial charge < -0.3 is 0 Å². The van der Waals surface area contributed by atoms with Crippen molar-refractivity contribution in [1.82, 2.24) is 0 Å². The fourth-order valence-electron chi connectivity index (χ4n) is 0.750. The third kappa shape index (κ3) is 9.39. The summed E-state index contributed by atoms with van der Waals surface area (Å²) in [7, 11) is 0. The Bertz CT molecular complexity index is 130. The van der Waals surface area contributed by atoms with Crippen LogP contribution in [-0.2, 0) is 0 Å². The third-order valence-corrected chi connectivity index (χ3v) is 2.91. The highest BCUT2D eigenvalue weighted by molar-refractivity contribution is 5.05. The molecule has 0 fully saturated rings. The molecule has 0 aliphatic heterocycles. The van der Waals surface area contributed by atoms with E-state index in [1.807, 2.05) is 6.92 Å². The van der Waals surface area contributed by atoms with Crippen LogP contribution < -0.4 is 0 Å². The molecule has 0 atom stereocenters. The molecule has 0 bridgehead atoms. The smallest absolute Gasteiger partial charge is 0.0334 e. The quantitative estimate of drug-likeness (QED) is 0.538. The third-order valence-electron chi connectivity index (χ3n) is 2.91. The zero-order chi connectivity index (χ0) is 10.9. The molecule has 0 nitrogen and oxygen atoms in total. The predicted octanol–water partition coefficient (Wildman–Crippen LogP) is 4.97. The van der Waals surface area contributed by atoms with Crippen LogP contribution in [0.1, 0.15) is 53.9 Å². The van der Waals surface area contributed by atoms with E-state index in [0.29, 0.717) is 5.41 Å². The molecule has 0 radical (unpaired) electrons. The fourth-order valence-corrected chi connectivity index (χ4v) is 0.750. The van der Waals surface area contributed by atoms with Gasteiger partial charge in [0, 0.05) is 0 Å². The van der Waals surface area contributed by atoms with Crippen molar-refractivity contribution in [2.24, 2.45) is 5.41 Å². The lowest BCUT2D eigenvalue weighted by Crippen LogP contribution is -2.10. The molecular formula is C13H26. The van der Waals surface area contributed by atoms with Gasteiger partial charge in [0.15, 0.2) is 0 Å². The summed E-state index contributed by atoms with van der Waals surface area (Å²) in [6.07, 6.45) is 5.68. The van der Waals surface area contributed by atoms with Gasteiger partial charge in [0.1, 0.15) is 0 Å². The van der Waals surface area contributed by atoms with Gasteiger partial charge in [-0.1, -0.05) is 71.8 Å². The van der Waals surface area contributed by atoms with E-state index in [2.05, 4.69) is 40.9 Å². The molecule has 0 aliphatic rings. The molecule has 0 unspecified atom stereocenters. The zero-order valence-corrected chi connectivity index (χ0v) is 10.1. The van der Waals surface area contributed by atoms with E-state index in [1.165, 1.54) is 19.3 Å². The molecule has 78 valence electrons. The van der Waals surface area contributed by atoms with Crippen LogP contribution in [0.15, 0.2) is 24.8 Å². The van der Waals surface area contributed by atoms with Gasteiger partial charge in [-0.25, -0.2) is 0 Å². The Morgan fingerprint density at radius 3 is 1.38 bits per heavy atom. The lowest BCUT2D eigenvalue weighted by atomic mass is 9.82. The minimum atomic E-state index is 0.625. The topological polar surface area (TPSA) is 0 Å². The predicted molar refractivity (Wildman–Crippen MR) is 64.0 cm³/mol. The van der Waals surface area contributed by atoms with E-state index in [-0.39, 0.29) is 0 Å². The molecule has 0 spiro atoms. The van der Waals surface area contributed by atoms with Gasteiger partial charge in [-0.2, -0.15) is 0 Å². The number of hydrogen-bond acceptors (Lipinski definition) is 0. The highest BCUT2D eigenvalue weighted by Crippen LogP contribution is 2.28. The van der Waals surface area contributed by atoms with Gasteiger partial charge in [-0.15, -0.1) is 0 Å². The first kappa shape index (κ1) is 15.0. The molecular weight excluding hydrogens is 156 g/mol. The summed E-state index contributed by atoms with van der Waals surface area (Å²) < 4.78 is 0. The summed E-state index contributed by atoms with van der Waals surface area (Å²) in [4.78, 5) is 0. The molecule has 0 saturated carbocycles. The van der Waals surface area contributed by atoms with Crippen LogP contribution in [0.4, 0.5) is 0 Å². The molecule has 0 aromatic carbocycles. The summed E-state index contributed by atoms with van der Waals surface area (Å²) in [5.74, 6) is 0. The second-order valence-electron chi connectivity index (χ2n) is 3.92. The van der Waals surface area contributed by atoms with Crippen LogP contribution >= 0.6 is 0 Å². The Morgan fingerprint density at radius 1 is 1.15 bits per heavy atom. The summed E-state index contributed by atoms with van der Waals surface area (Å²) in [5, 5.41) is 0. The summed E-state index contributed by atoms with van der Waals surface area (Å²) in [6.45, 7) is 18.1. The van der Waals surface area contributed by atoms with E-state index in [9.17, 15) is 0 Å². The zero-order valence-electron chi connectivity index (χ0n) is 10.1. The lowest BCUT2D eigenvalue weighted by molar-refractivity contribution is 0.286. The van der Waals surface area contributed by atoms with Crippen LogP contribution in [0.2, 0.25) is 0 Å². The maximum atomic E-state index is 3.56. The Hall–Kier alpha value is -0.520. The van der Waals surface area contributed by atoms with Crippen LogP contribution in [0.3, 0.4) is 0 Å². The molecule has 0 aliphatic carbocycles. The number of allylic oxidation sites excluding steroid dienone is 2. The standard InChI is InChI=1S/C8H18.C5H8/c1-5-8(4,6-2)7-3;1-4-5(2)3/h5-7H2,1-4H3;4H,1-2H2,3H3. The fraction of sp³-hybridized carbons (Fsp3) is 0.692. The molecule has 0 aromatic heterocycles. The van der Waals surface area contributed by atoms with E-state index in [0.717, 1.165) is 5.57 Å². The van der Waals surface area contributed by atoms with Crippen LogP contribution in [0.5, 0.6) is 0 Å². The summed E-state index contributed by atoms with van der Waals surface area (Å²) in [5.41, 5.74) is 1.64. The molecule has 0 heterocycles. The van der Waals surface area contributed by atoms with Crippen LogP contribution in [-0.4, -0.2) is 0 Å². The van der Waals surface area contributed by atoms with E-state index in [1.54, 1.807) is 6.08 Å². The van der Waals surface area contributed by atoms with E-state index in [4.69, 9.17) is 0 Å². The van der Waals surface area contributed by atoms with Crippen molar-refractivity contribution >= 4 is 0 Å². The van der Waals surface area contributed by atoms with Crippen molar-refractivity contribution in [2.45, 2.75) is 53.9 Å². The second kappa shape index (κ2) is 8.10. The largest absolute Gasteiger partial charge is 0.0988 e. The van der Waals surface area contributed by atoms with Crippen molar-refractivity contribution in [3.05, 3.63) is 24.8 Å². The highest BCUT2D eigenvalue weighted by atomic mass is 14.2. The Balaban J connectivity index is 0. The lowest BCUT2D eigenvalue weighted by Gasteiger charge is -2.23. The Kier molecular flexibility index (Phi) is 9.33. The average Bonchev–Trinajstić information content (AvgIpc) is 2.17. The number of rotatable bonds is 4. The van der Waals surface area contributed by atoms with Crippen molar-refractivity contribution in [1.29, 1.82) is 0 Å². The van der Waals surface area contributed by atoms with Crippen molar-refractivity contribution in [2.75, 3.05) is 0 Å². The van der Waals surface area contributed by atoms with Crippen LogP contribution in [0, 0.1) is 5.41 Å². The summed E-state index contributed by atoms with van der Waals surface area (Å²) in [6, 6.07) is 0. The van der Waals surface area contributed by atoms with Gasteiger partial charge in [0.05, 0.1) is 0 Å². The Morgan fingerprint density at radius 2 is 1.38 bits per heavy atom. The SMILES string of the molecule is C=CC(=C)C.CCC(C)(CC)CC. The maximum Gasteiger partial charge on any atom is -0.0334 e. The van der Waals surface area contributed by atoms with Crippen LogP contribution in [0.25, 0.3) is 0 Å². The van der Waals surface area contributed by atoms with Gasteiger partial charge in [0.2, 0.25) is 0 Å². The Labute approximate surface area is 84.7 Å². The minimum Gasteiger partial charge on any atom is -0.0988 e. The van der Waals surface area contributed by atoms with Crippen molar-refractivity contribution < 1.29 is 0 Å². The van der Waals surface area contributed by atoms with Crippen molar-refractivity contribution in [3.63, 3.8) is 0 Å². The highest BCUT2D eigenvalue weighted by Gasteiger charge is 2.15. The van der Waals surface area contributed by atoms with Crippen molar-refractivity contribution in [3.8, 4) is 0 Å².